The van der Waals surface area contributed by atoms with Gasteiger partial charge < -0.3 is 4.74 Å². The number of hydrogen-bond acceptors (Lipinski definition) is 3. The summed E-state index contributed by atoms with van der Waals surface area (Å²) in [7, 11) is 0. The van der Waals surface area contributed by atoms with Gasteiger partial charge in [0, 0.05) is 29.1 Å². The fraction of sp³-hybridized carbons (Fsp3) is 0.176. The standard InChI is InChI=1S/C17H14ClNO2/c18-15-3-1-2-14(12-15)17(9-5-16(20)21-17)8-4-13-6-10-19-11-7-13/h1-3,5-7,9-12H,4,8H2. The predicted octanol–water partition coefficient (Wildman–Crippen LogP) is 3.68. The van der Waals surface area contributed by atoms with Gasteiger partial charge in [0.15, 0.2) is 5.60 Å². The largest absolute Gasteiger partial charge is 0.447 e. The normalized spacial score (nSPS) is 20.5. The van der Waals surface area contributed by atoms with Crippen LogP contribution in [0.2, 0.25) is 5.02 Å². The highest BCUT2D eigenvalue weighted by atomic mass is 35.5. The van der Waals surface area contributed by atoms with Crippen molar-refractivity contribution in [3.63, 3.8) is 0 Å². The zero-order valence-electron chi connectivity index (χ0n) is 11.3. The van der Waals surface area contributed by atoms with Crippen molar-refractivity contribution < 1.29 is 9.53 Å². The average Bonchev–Trinajstić information content (AvgIpc) is 2.89. The van der Waals surface area contributed by atoms with Crippen molar-refractivity contribution in [1.82, 2.24) is 4.98 Å². The molecule has 0 radical (unpaired) electrons. The van der Waals surface area contributed by atoms with Gasteiger partial charge in [0.25, 0.3) is 0 Å². The fourth-order valence-corrected chi connectivity index (χ4v) is 2.71. The number of rotatable bonds is 4. The molecule has 1 aliphatic rings. The second kappa shape index (κ2) is 5.70. The van der Waals surface area contributed by atoms with Gasteiger partial charge in [0.1, 0.15) is 0 Å². The summed E-state index contributed by atoms with van der Waals surface area (Å²) >= 11 is 6.07. The van der Waals surface area contributed by atoms with Crippen LogP contribution in [0.25, 0.3) is 0 Å². The molecule has 1 aromatic heterocycles. The third kappa shape index (κ3) is 2.98. The Balaban J connectivity index is 1.88. The van der Waals surface area contributed by atoms with Crippen molar-refractivity contribution in [3.05, 3.63) is 77.1 Å². The van der Waals surface area contributed by atoms with E-state index in [-0.39, 0.29) is 5.97 Å². The average molecular weight is 300 g/mol. The molecule has 106 valence electrons. The van der Waals surface area contributed by atoms with Crippen molar-refractivity contribution >= 4 is 17.6 Å². The molecule has 3 rings (SSSR count). The zero-order valence-corrected chi connectivity index (χ0v) is 12.1. The number of cyclic esters (lactones) is 1. The molecule has 0 amide bonds. The Morgan fingerprint density at radius 1 is 1.19 bits per heavy atom. The molecule has 0 saturated carbocycles. The number of halogens is 1. The minimum absolute atomic E-state index is 0.315. The van der Waals surface area contributed by atoms with Crippen LogP contribution in [0.3, 0.4) is 0 Å². The van der Waals surface area contributed by atoms with E-state index in [1.807, 2.05) is 42.5 Å². The van der Waals surface area contributed by atoms with Crippen molar-refractivity contribution in [2.24, 2.45) is 0 Å². The number of carbonyl (C=O) groups is 1. The quantitative estimate of drug-likeness (QED) is 0.809. The summed E-state index contributed by atoms with van der Waals surface area (Å²) in [5.41, 5.74) is 1.32. The van der Waals surface area contributed by atoms with E-state index in [1.165, 1.54) is 6.08 Å². The first-order chi connectivity index (χ1) is 10.2. The molecule has 2 heterocycles. The molecule has 2 aromatic rings. The van der Waals surface area contributed by atoms with Crippen molar-refractivity contribution in [2.45, 2.75) is 18.4 Å². The maximum atomic E-state index is 11.6. The molecule has 0 N–H and O–H groups in total. The Morgan fingerprint density at radius 2 is 2.00 bits per heavy atom. The predicted molar refractivity (Wildman–Crippen MR) is 80.9 cm³/mol. The van der Waals surface area contributed by atoms with Gasteiger partial charge >= 0.3 is 5.97 Å². The van der Waals surface area contributed by atoms with E-state index in [0.29, 0.717) is 11.4 Å². The Bertz CT molecular complexity index is 684. The van der Waals surface area contributed by atoms with Crippen LogP contribution in [0, 0.1) is 0 Å². The monoisotopic (exact) mass is 299 g/mol. The highest BCUT2D eigenvalue weighted by Crippen LogP contribution is 2.37. The maximum absolute atomic E-state index is 11.6. The highest BCUT2D eigenvalue weighted by Gasteiger charge is 2.37. The second-order valence-electron chi connectivity index (χ2n) is 5.01. The first-order valence-electron chi connectivity index (χ1n) is 6.75. The van der Waals surface area contributed by atoms with Gasteiger partial charge in [-0.2, -0.15) is 0 Å². The molecular formula is C17H14ClNO2. The van der Waals surface area contributed by atoms with Crippen LogP contribution in [-0.4, -0.2) is 11.0 Å². The number of ether oxygens (including phenoxy) is 1. The molecule has 1 aromatic carbocycles. The molecule has 1 atom stereocenters. The van der Waals surface area contributed by atoms with Crippen LogP contribution in [0.1, 0.15) is 17.5 Å². The van der Waals surface area contributed by atoms with Crippen molar-refractivity contribution in [2.75, 3.05) is 0 Å². The molecule has 0 spiro atoms. The van der Waals surface area contributed by atoms with Gasteiger partial charge in [-0.05, 0) is 48.7 Å². The lowest BCUT2D eigenvalue weighted by Crippen LogP contribution is -2.26. The molecule has 0 saturated heterocycles. The summed E-state index contributed by atoms with van der Waals surface area (Å²) in [5, 5.41) is 0.632. The Labute approximate surface area is 128 Å². The van der Waals surface area contributed by atoms with Gasteiger partial charge in [-0.3, -0.25) is 4.98 Å². The Hall–Kier alpha value is -2.13. The van der Waals surface area contributed by atoms with E-state index in [2.05, 4.69) is 4.98 Å². The van der Waals surface area contributed by atoms with E-state index in [0.717, 1.165) is 17.5 Å². The number of benzene rings is 1. The molecule has 0 bridgehead atoms. The van der Waals surface area contributed by atoms with E-state index >= 15 is 0 Å². The number of hydrogen-bond donors (Lipinski definition) is 0. The van der Waals surface area contributed by atoms with Gasteiger partial charge in [-0.1, -0.05) is 23.7 Å². The number of aromatic nitrogens is 1. The Morgan fingerprint density at radius 3 is 2.67 bits per heavy atom. The molecule has 3 nitrogen and oxygen atoms in total. The van der Waals surface area contributed by atoms with Crippen LogP contribution < -0.4 is 0 Å². The lowest BCUT2D eigenvalue weighted by atomic mass is 9.88. The van der Waals surface area contributed by atoms with Crippen LogP contribution in [0.4, 0.5) is 0 Å². The zero-order chi connectivity index (χ0) is 14.7. The van der Waals surface area contributed by atoms with E-state index in [9.17, 15) is 4.79 Å². The molecule has 1 aliphatic heterocycles. The SMILES string of the molecule is O=C1C=CC(CCc2ccncc2)(c2cccc(Cl)c2)O1. The summed E-state index contributed by atoms with van der Waals surface area (Å²) < 4.78 is 5.59. The third-order valence-electron chi connectivity index (χ3n) is 3.62. The maximum Gasteiger partial charge on any atom is 0.331 e. The topological polar surface area (TPSA) is 39.2 Å². The summed E-state index contributed by atoms with van der Waals surface area (Å²) in [5.74, 6) is -0.315. The van der Waals surface area contributed by atoms with Crippen LogP contribution >= 0.6 is 11.6 Å². The van der Waals surface area contributed by atoms with Gasteiger partial charge in [0.2, 0.25) is 0 Å². The minimum Gasteiger partial charge on any atom is -0.447 e. The molecule has 0 aliphatic carbocycles. The highest BCUT2D eigenvalue weighted by molar-refractivity contribution is 6.30. The molecule has 4 heteroatoms. The van der Waals surface area contributed by atoms with E-state index in [1.54, 1.807) is 12.4 Å². The third-order valence-corrected chi connectivity index (χ3v) is 3.85. The molecule has 0 fully saturated rings. The number of aryl methyl sites for hydroxylation is 1. The fourth-order valence-electron chi connectivity index (χ4n) is 2.52. The van der Waals surface area contributed by atoms with Gasteiger partial charge in [0.05, 0.1) is 0 Å². The van der Waals surface area contributed by atoms with E-state index < -0.39 is 5.60 Å². The second-order valence-corrected chi connectivity index (χ2v) is 5.45. The number of nitrogens with zero attached hydrogens (tertiary/aromatic N) is 1. The summed E-state index contributed by atoms with van der Waals surface area (Å²) in [6.07, 6.45) is 8.28. The molecular weight excluding hydrogens is 286 g/mol. The summed E-state index contributed by atoms with van der Waals surface area (Å²) in [4.78, 5) is 15.6. The lowest BCUT2D eigenvalue weighted by molar-refractivity contribution is -0.146. The van der Waals surface area contributed by atoms with E-state index in [4.69, 9.17) is 16.3 Å². The van der Waals surface area contributed by atoms with Gasteiger partial charge in [-0.15, -0.1) is 0 Å². The molecule has 1 unspecified atom stereocenters. The minimum atomic E-state index is -0.731. The van der Waals surface area contributed by atoms with Crippen LogP contribution in [0.5, 0.6) is 0 Å². The van der Waals surface area contributed by atoms with Crippen LogP contribution in [0.15, 0.2) is 60.9 Å². The number of pyridine rings is 1. The smallest absolute Gasteiger partial charge is 0.331 e. The Kier molecular flexibility index (Phi) is 3.76. The van der Waals surface area contributed by atoms with Crippen LogP contribution in [-0.2, 0) is 21.6 Å². The van der Waals surface area contributed by atoms with Gasteiger partial charge in [-0.25, -0.2) is 4.79 Å². The summed E-state index contributed by atoms with van der Waals surface area (Å²) in [6, 6.07) is 11.4. The first-order valence-corrected chi connectivity index (χ1v) is 7.13. The lowest BCUT2D eigenvalue weighted by Gasteiger charge is -2.27. The summed E-state index contributed by atoms with van der Waals surface area (Å²) in [6.45, 7) is 0. The molecule has 21 heavy (non-hydrogen) atoms. The first kappa shape index (κ1) is 13.8. The number of esters is 1. The number of carbonyl (C=O) groups excluding carboxylic acids is 1. The van der Waals surface area contributed by atoms with Crippen molar-refractivity contribution in [1.29, 1.82) is 0 Å². The van der Waals surface area contributed by atoms with Crippen molar-refractivity contribution in [3.8, 4) is 0 Å².